The van der Waals surface area contributed by atoms with Crippen molar-refractivity contribution in [1.29, 1.82) is 0 Å². The molecule has 212 valence electrons. The molecule has 0 bridgehead atoms. The van der Waals surface area contributed by atoms with E-state index in [1.165, 1.54) is 18.4 Å². The van der Waals surface area contributed by atoms with E-state index in [9.17, 15) is 9.59 Å². The number of nitrogens with zero attached hydrogens (tertiary/aromatic N) is 7. The first-order valence-electron chi connectivity index (χ1n) is 14.0. The number of carbonyl (C=O) groups excluding carboxylic acids is 2. The quantitative estimate of drug-likeness (QED) is 0.309. The minimum Gasteiger partial charge on any atom is -0.417 e. The molecule has 12 heteroatoms. The summed E-state index contributed by atoms with van der Waals surface area (Å²) in [6.45, 7) is 2.71. The molecule has 5 aromatic rings. The first-order chi connectivity index (χ1) is 20.4. The van der Waals surface area contributed by atoms with Gasteiger partial charge in [0.15, 0.2) is 0 Å². The van der Waals surface area contributed by atoms with Gasteiger partial charge in [-0.2, -0.15) is 0 Å². The summed E-state index contributed by atoms with van der Waals surface area (Å²) in [5, 5.41) is 10.6. The number of rotatable bonds is 6. The van der Waals surface area contributed by atoms with Crippen LogP contribution in [-0.2, 0) is 0 Å². The van der Waals surface area contributed by atoms with Crippen LogP contribution in [0.4, 0.5) is 11.6 Å². The van der Waals surface area contributed by atoms with Gasteiger partial charge in [-0.3, -0.25) is 14.0 Å². The van der Waals surface area contributed by atoms with Gasteiger partial charge in [-0.1, -0.05) is 12.1 Å². The second-order valence-corrected chi connectivity index (χ2v) is 10.8. The highest BCUT2D eigenvalue weighted by atomic mass is 16.4. The number of fused-ring (bicyclic) bond motifs is 1. The van der Waals surface area contributed by atoms with Crippen LogP contribution in [0.15, 0.2) is 59.4 Å². The molecule has 1 saturated heterocycles. The van der Waals surface area contributed by atoms with Crippen LogP contribution < -0.4 is 11.1 Å². The molecule has 2 amide bonds. The molecule has 2 aliphatic rings. The number of hydrogen-bond donors (Lipinski definition) is 2. The van der Waals surface area contributed by atoms with Gasteiger partial charge in [0, 0.05) is 55.6 Å². The van der Waals surface area contributed by atoms with Crippen molar-refractivity contribution < 1.29 is 14.0 Å². The molecule has 1 saturated carbocycles. The number of pyridine rings is 1. The van der Waals surface area contributed by atoms with E-state index in [2.05, 4.69) is 25.5 Å². The summed E-state index contributed by atoms with van der Waals surface area (Å²) in [5.41, 5.74) is 10.2. The van der Waals surface area contributed by atoms with E-state index < -0.39 is 0 Å². The summed E-state index contributed by atoms with van der Waals surface area (Å²) in [6, 6.07) is 11.2. The summed E-state index contributed by atoms with van der Waals surface area (Å²) in [7, 11) is 0. The van der Waals surface area contributed by atoms with E-state index in [4.69, 9.17) is 15.1 Å². The Hall–Kier alpha value is -5.13. The van der Waals surface area contributed by atoms with E-state index >= 15 is 0 Å². The van der Waals surface area contributed by atoms with Gasteiger partial charge >= 0.3 is 11.8 Å². The van der Waals surface area contributed by atoms with E-state index in [0.29, 0.717) is 53.3 Å². The molecule has 1 atom stereocenters. The fourth-order valence-corrected chi connectivity index (χ4v) is 5.62. The molecule has 1 unspecified atom stereocenters. The lowest BCUT2D eigenvalue weighted by Gasteiger charge is -2.31. The predicted molar refractivity (Wildman–Crippen MR) is 154 cm³/mol. The number of amides is 2. The predicted octanol–water partition coefficient (Wildman–Crippen LogP) is 4.21. The lowest BCUT2D eigenvalue weighted by Crippen LogP contribution is -2.39. The molecule has 42 heavy (non-hydrogen) atoms. The van der Waals surface area contributed by atoms with Gasteiger partial charge in [0.25, 0.3) is 5.91 Å². The van der Waals surface area contributed by atoms with Gasteiger partial charge in [0.1, 0.15) is 28.7 Å². The van der Waals surface area contributed by atoms with Crippen LogP contribution in [0.3, 0.4) is 0 Å². The molecule has 0 radical (unpaired) electrons. The number of benzene rings is 1. The van der Waals surface area contributed by atoms with Gasteiger partial charge in [-0.15, -0.1) is 10.2 Å². The minimum absolute atomic E-state index is 0.00853. The average Bonchev–Trinajstić information content (AvgIpc) is 3.66. The molecule has 7 rings (SSSR count). The van der Waals surface area contributed by atoms with Crippen LogP contribution in [0.5, 0.6) is 0 Å². The Labute approximate surface area is 241 Å². The standard InChI is InChI=1S/C30H29N9O3/c1-17-36-37-29(42-17)30(41)38-13-2-3-22(16-38)27-35-24(25-26(31)33-12-14-39(25)27)19-6-8-20(9-7-19)28(40)34-23-15-21(10-11-32-23)18-4-5-18/h6-12,14-15,18,22H,2-5,13,16H2,1H3,(H2,31,33)(H,32,34,40). The molecule has 5 heterocycles. The van der Waals surface area contributed by atoms with Gasteiger partial charge in [-0.25, -0.2) is 15.0 Å². The third kappa shape index (κ3) is 4.84. The van der Waals surface area contributed by atoms with Gasteiger partial charge in [0.05, 0.1) is 0 Å². The monoisotopic (exact) mass is 563 g/mol. The number of likely N-dealkylation sites (tertiary alicyclic amines) is 1. The summed E-state index contributed by atoms with van der Waals surface area (Å²) in [6.07, 6.45) is 9.23. The Morgan fingerprint density at radius 1 is 1.02 bits per heavy atom. The maximum absolute atomic E-state index is 13.0. The molecule has 4 aromatic heterocycles. The number of carbonyl (C=O) groups is 2. The van der Waals surface area contributed by atoms with Gasteiger partial charge < -0.3 is 20.4 Å². The van der Waals surface area contributed by atoms with Crippen molar-refractivity contribution in [2.75, 3.05) is 24.1 Å². The third-order valence-corrected chi connectivity index (χ3v) is 7.89. The first kappa shape index (κ1) is 25.8. The zero-order valence-corrected chi connectivity index (χ0v) is 23.0. The smallest absolute Gasteiger partial charge is 0.311 e. The number of aryl methyl sites for hydroxylation is 1. The van der Waals surface area contributed by atoms with Crippen molar-refractivity contribution in [1.82, 2.24) is 34.4 Å². The topological polar surface area (TPSA) is 157 Å². The number of aromatic nitrogens is 6. The van der Waals surface area contributed by atoms with Crippen molar-refractivity contribution in [3.05, 3.63) is 83.7 Å². The van der Waals surface area contributed by atoms with Crippen LogP contribution in [0.25, 0.3) is 16.8 Å². The Kier molecular flexibility index (Phi) is 6.37. The fourth-order valence-electron chi connectivity index (χ4n) is 5.62. The Morgan fingerprint density at radius 3 is 2.62 bits per heavy atom. The number of nitrogens with one attached hydrogen (secondary N) is 1. The van der Waals surface area contributed by atoms with Crippen LogP contribution in [0.1, 0.15) is 75.8 Å². The van der Waals surface area contributed by atoms with E-state index in [1.807, 2.05) is 34.9 Å². The van der Waals surface area contributed by atoms with Gasteiger partial charge in [0.2, 0.25) is 5.89 Å². The minimum atomic E-state index is -0.286. The number of nitrogen functional groups attached to an aromatic ring is 1. The SMILES string of the molecule is Cc1nnc(C(=O)N2CCCC(c3nc(-c4ccc(C(=O)Nc5cc(C6CC6)ccn5)cc4)c4c(N)nccn34)C2)o1. The molecular formula is C30H29N9O3. The fraction of sp³-hybridized carbons (Fsp3) is 0.300. The normalized spacial score (nSPS) is 17.0. The molecular weight excluding hydrogens is 534 g/mol. The number of imidazole rings is 1. The molecule has 1 aromatic carbocycles. The Balaban J connectivity index is 1.15. The molecule has 2 fully saturated rings. The Bertz CT molecular complexity index is 1810. The summed E-state index contributed by atoms with van der Waals surface area (Å²) in [4.78, 5) is 41.4. The van der Waals surface area contributed by atoms with Crippen LogP contribution in [0, 0.1) is 6.92 Å². The summed E-state index contributed by atoms with van der Waals surface area (Å²) < 4.78 is 7.32. The molecule has 1 aliphatic carbocycles. The molecule has 12 nitrogen and oxygen atoms in total. The number of piperidine rings is 1. The third-order valence-electron chi connectivity index (χ3n) is 7.89. The first-order valence-corrected chi connectivity index (χ1v) is 14.0. The highest BCUT2D eigenvalue weighted by molar-refractivity contribution is 6.04. The number of anilines is 2. The van der Waals surface area contributed by atoms with E-state index in [0.717, 1.165) is 24.2 Å². The van der Waals surface area contributed by atoms with Crippen LogP contribution in [0.2, 0.25) is 0 Å². The lowest BCUT2D eigenvalue weighted by molar-refractivity contribution is 0.0662. The highest BCUT2D eigenvalue weighted by Gasteiger charge is 2.31. The van der Waals surface area contributed by atoms with E-state index in [1.54, 1.807) is 36.4 Å². The van der Waals surface area contributed by atoms with Crippen molar-refractivity contribution in [2.24, 2.45) is 0 Å². The van der Waals surface area contributed by atoms with E-state index in [-0.39, 0.29) is 23.6 Å². The zero-order chi connectivity index (χ0) is 28.8. The van der Waals surface area contributed by atoms with Crippen molar-refractivity contribution in [3.8, 4) is 11.3 Å². The summed E-state index contributed by atoms with van der Waals surface area (Å²) in [5.74, 6) is 2.04. The maximum atomic E-state index is 13.0. The lowest BCUT2D eigenvalue weighted by atomic mass is 9.97. The summed E-state index contributed by atoms with van der Waals surface area (Å²) >= 11 is 0. The molecule has 0 spiro atoms. The second kappa shape index (κ2) is 10.4. The largest absolute Gasteiger partial charge is 0.417 e. The van der Waals surface area contributed by atoms with Gasteiger partial charge in [-0.05, 0) is 61.4 Å². The second-order valence-electron chi connectivity index (χ2n) is 10.8. The Morgan fingerprint density at radius 2 is 1.86 bits per heavy atom. The van der Waals surface area contributed by atoms with Crippen molar-refractivity contribution in [3.63, 3.8) is 0 Å². The highest BCUT2D eigenvalue weighted by Crippen LogP contribution is 2.40. The maximum Gasteiger partial charge on any atom is 0.311 e. The number of nitrogens with two attached hydrogens (primary N) is 1. The zero-order valence-electron chi connectivity index (χ0n) is 23.0. The number of hydrogen-bond acceptors (Lipinski definition) is 9. The molecule has 3 N–H and O–H groups in total. The molecule has 1 aliphatic heterocycles. The average molecular weight is 564 g/mol. The van der Waals surface area contributed by atoms with Crippen molar-refractivity contribution >= 4 is 29.0 Å². The van der Waals surface area contributed by atoms with Crippen LogP contribution in [-0.4, -0.2) is 59.4 Å². The van der Waals surface area contributed by atoms with Crippen LogP contribution >= 0.6 is 0 Å². The van der Waals surface area contributed by atoms with Crippen molar-refractivity contribution in [2.45, 2.75) is 44.4 Å².